The van der Waals surface area contributed by atoms with E-state index in [-0.39, 0.29) is 18.5 Å². The summed E-state index contributed by atoms with van der Waals surface area (Å²) in [5, 5.41) is 4.62. The fourth-order valence-corrected chi connectivity index (χ4v) is 4.68. The fourth-order valence-electron chi connectivity index (χ4n) is 4.50. The molecule has 0 atom stereocenters. The van der Waals surface area contributed by atoms with Crippen LogP contribution in [-0.2, 0) is 17.8 Å². The number of benzene rings is 3. The van der Waals surface area contributed by atoms with Crippen molar-refractivity contribution in [2.24, 2.45) is 0 Å². The number of urea groups is 1. The number of anilines is 1. The zero-order chi connectivity index (χ0) is 27.8. The van der Waals surface area contributed by atoms with Crippen molar-refractivity contribution in [2.45, 2.75) is 33.2 Å². The predicted molar refractivity (Wildman–Crippen MR) is 157 cm³/mol. The van der Waals surface area contributed by atoms with Gasteiger partial charge in [0.2, 0.25) is 5.91 Å². The molecule has 8 heteroatoms. The van der Waals surface area contributed by atoms with E-state index in [9.17, 15) is 9.59 Å². The maximum Gasteiger partial charge on any atom is 0.322 e. The summed E-state index contributed by atoms with van der Waals surface area (Å²) in [4.78, 5) is 33.5. The lowest BCUT2D eigenvalue weighted by molar-refractivity contribution is -0.132. The van der Waals surface area contributed by atoms with E-state index in [2.05, 4.69) is 16.4 Å². The van der Waals surface area contributed by atoms with Gasteiger partial charge >= 0.3 is 6.03 Å². The third-order valence-electron chi connectivity index (χ3n) is 6.74. The molecule has 3 amide bonds. The second kappa shape index (κ2) is 13.2. The number of methoxy groups -OCH3 is 1. The Bertz CT molecular complexity index is 1420. The van der Waals surface area contributed by atoms with Crippen LogP contribution in [0.5, 0.6) is 5.75 Å². The number of hydrogen-bond donors (Lipinski definition) is 2. The van der Waals surface area contributed by atoms with Crippen molar-refractivity contribution in [3.8, 4) is 5.75 Å². The minimum Gasteiger partial charge on any atom is -0.497 e. The average Bonchev–Trinajstić information content (AvgIpc) is 3.36. The second-order valence-electron chi connectivity index (χ2n) is 9.59. The van der Waals surface area contributed by atoms with Gasteiger partial charge in [-0.1, -0.05) is 54.9 Å². The third kappa shape index (κ3) is 7.33. The third-order valence-corrected chi connectivity index (χ3v) is 7.15. The van der Waals surface area contributed by atoms with E-state index in [0.717, 1.165) is 39.8 Å². The molecule has 0 spiro atoms. The number of amides is 3. The molecule has 0 saturated carbocycles. The molecule has 3 aromatic carbocycles. The Morgan fingerprint density at radius 3 is 2.49 bits per heavy atom. The number of carbonyl (C=O) groups excluding carboxylic acids is 2. The van der Waals surface area contributed by atoms with Crippen molar-refractivity contribution in [2.75, 3.05) is 32.1 Å². The van der Waals surface area contributed by atoms with Gasteiger partial charge in [0.25, 0.3) is 0 Å². The van der Waals surface area contributed by atoms with E-state index in [0.29, 0.717) is 36.8 Å². The van der Waals surface area contributed by atoms with E-state index in [1.807, 2.05) is 79.5 Å². The number of rotatable bonds is 11. The molecule has 0 bridgehead atoms. The van der Waals surface area contributed by atoms with E-state index in [1.54, 1.807) is 18.1 Å². The van der Waals surface area contributed by atoms with E-state index < -0.39 is 0 Å². The SMILES string of the molecule is CCCN(CC(=O)N(CCc1c[nH]c2ccccc12)Cc1ccc(OC)cc1)C(=O)Nc1ccc(C)c(Cl)c1. The van der Waals surface area contributed by atoms with Gasteiger partial charge in [-0.15, -0.1) is 0 Å². The molecule has 0 aliphatic heterocycles. The first-order chi connectivity index (χ1) is 18.9. The van der Waals surface area contributed by atoms with Gasteiger partial charge in [0.15, 0.2) is 0 Å². The van der Waals surface area contributed by atoms with Crippen LogP contribution in [0.2, 0.25) is 5.02 Å². The van der Waals surface area contributed by atoms with Gasteiger partial charge in [0, 0.05) is 47.4 Å². The Kier molecular flexibility index (Phi) is 9.49. The van der Waals surface area contributed by atoms with Crippen LogP contribution in [0.25, 0.3) is 10.9 Å². The minimum atomic E-state index is -0.328. The van der Waals surface area contributed by atoms with Crippen LogP contribution < -0.4 is 10.1 Å². The highest BCUT2D eigenvalue weighted by Gasteiger charge is 2.22. The van der Waals surface area contributed by atoms with E-state index >= 15 is 0 Å². The van der Waals surface area contributed by atoms with Crippen molar-refractivity contribution in [1.82, 2.24) is 14.8 Å². The number of halogens is 1. The van der Waals surface area contributed by atoms with Crippen LogP contribution >= 0.6 is 11.6 Å². The number of ether oxygens (including phenoxy) is 1. The molecule has 1 aromatic heterocycles. The molecule has 4 aromatic rings. The number of H-pyrrole nitrogens is 1. The molecule has 0 radical (unpaired) electrons. The van der Waals surface area contributed by atoms with Crippen LogP contribution in [0, 0.1) is 6.92 Å². The number of aromatic amines is 1. The normalized spacial score (nSPS) is 10.9. The number of hydrogen-bond acceptors (Lipinski definition) is 3. The van der Waals surface area contributed by atoms with Gasteiger partial charge in [0.1, 0.15) is 12.3 Å². The van der Waals surface area contributed by atoms with Crippen molar-refractivity contribution < 1.29 is 14.3 Å². The maximum atomic E-state index is 13.7. The van der Waals surface area contributed by atoms with Gasteiger partial charge in [-0.2, -0.15) is 0 Å². The van der Waals surface area contributed by atoms with Crippen molar-refractivity contribution in [3.05, 3.63) is 94.6 Å². The number of nitrogens with zero attached hydrogens (tertiary/aromatic N) is 2. The van der Waals surface area contributed by atoms with Crippen LogP contribution in [-0.4, -0.2) is 53.5 Å². The highest BCUT2D eigenvalue weighted by molar-refractivity contribution is 6.31. The summed E-state index contributed by atoms with van der Waals surface area (Å²) < 4.78 is 5.28. The van der Waals surface area contributed by atoms with Gasteiger partial charge in [-0.25, -0.2) is 4.79 Å². The molecular formula is C31H35ClN4O3. The first kappa shape index (κ1) is 28.0. The Balaban J connectivity index is 1.50. The average molecular weight is 547 g/mol. The topological polar surface area (TPSA) is 77.7 Å². The smallest absolute Gasteiger partial charge is 0.322 e. The van der Waals surface area contributed by atoms with E-state index in [1.165, 1.54) is 0 Å². The number of para-hydroxylation sites is 1. The summed E-state index contributed by atoms with van der Waals surface area (Å²) in [5.41, 5.74) is 4.74. The highest BCUT2D eigenvalue weighted by atomic mass is 35.5. The number of fused-ring (bicyclic) bond motifs is 1. The summed E-state index contributed by atoms with van der Waals surface area (Å²) in [6, 6.07) is 20.9. The maximum absolute atomic E-state index is 13.7. The van der Waals surface area contributed by atoms with Gasteiger partial charge in [-0.3, -0.25) is 4.79 Å². The largest absolute Gasteiger partial charge is 0.497 e. The minimum absolute atomic E-state index is 0.0245. The monoisotopic (exact) mass is 546 g/mol. The zero-order valence-electron chi connectivity index (χ0n) is 22.7. The van der Waals surface area contributed by atoms with Crippen LogP contribution in [0.4, 0.5) is 10.5 Å². The Hall–Kier alpha value is -3.97. The highest BCUT2D eigenvalue weighted by Crippen LogP contribution is 2.21. The first-order valence-electron chi connectivity index (χ1n) is 13.2. The lowest BCUT2D eigenvalue weighted by Gasteiger charge is -2.28. The molecule has 1 heterocycles. The number of aromatic nitrogens is 1. The van der Waals surface area contributed by atoms with Crippen molar-refractivity contribution >= 4 is 40.1 Å². The van der Waals surface area contributed by atoms with Crippen molar-refractivity contribution in [1.29, 1.82) is 0 Å². The summed E-state index contributed by atoms with van der Waals surface area (Å²) in [6.07, 6.45) is 3.42. The summed E-state index contributed by atoms with van der Waals surface area (Å²) >= 11 is 6.24. The fraction of sp³-hybridized carbons (Fsp3) is 0.290. The molecule has 7 nitrogen and oxygen atoms in total. The Morgan fingerprint density at radius 2 is 1.77 bits per heavy atom. The lowest BCUT2D eigenvalue weighted by Crippen LogP contribution is -2.45. The van der Waals surface area contributed by atoms with Gasteiger partial charge in [0.05, 0.1) is 7.11 Å². The second-order valence-corrected chi connectivity index (χ2v) is 10.00. The standard InChI is InChI=1S/C31H35ClN4O3/c1-4-16-36(31(38)34-25-12-9-22(2)28(32)18-25)21-30(37)35(20-23-10-13-26(39-3)14-11-23)17-15-24-19-33-29-8-6-5-7-27(24)29/h5-14,18-19,33H,4,15-17,20-21H2,1-3H3,(H,34,38). The molecule has 0 saturated heterocycles. The molecular weight excluding hydrogens is 512 g/mol. The predicted octanol–water partition coefficient (Wildman–Crippen LogP) is 6.65. The molecule has 4 rings (SSSR count). The lowest BCUT2D eigenvalue weighted by atomic mass is 10.1. The number of aryl methyl sites for hydroxylation is 1. The molecule has 0 fully saturated rings. The summed E-state index contributed by atoms with van der Waals surface area (Å²) in [5.74, 6) is 0.647. The van der Waals surface area contributed by atoms with Crippen LogP contribution in [0.3, 0.4) is 0 Å². The molecule has 39 heavy (non-hydrogen) atoms. The van der Waals surface area contributed by atoms with E-state index in [4.69, 9.17) is 16.3 Å². The van der Waals surface area contributed by atoms with Crippen molar-refractivity contribution in [3.63, 3.8) is 0 Å². The summed E-state index contributed by atoms with van der Waals surface area (Å²) in [6.45, 7) is 5.27. The molecule has 0 unspecified atom stereocenters. The van der Waals surface area contributed by atoms with Gasteiger partial charge in [-0.05, 0) is 66.8 Å². The van der Waals surface area contributed by atoms with Crippen LogP contribution in [0.1, 0.15) is 30.0 Å². The molecule has 0 aliphatic carbocycles. The molecule has 2 N–H and O–H groups in total. The Morgan fingerprint density at radius 1 is 1.00 bits per heavy atom. The summed E-state index contributed by atoms with van der Waals surface area (Å²) in [7, 11) is 1.63. The molecule has 204 valence electrons. The Labute approximate surface area is 234 Å². The number of carbonyl (C=O) groups is 2. The quantitative estimate of drug-likeness (QED) is 0.221. The first-order valence-corrected chi connectivity index (χ1v) is 13.5. The van der Waals surface area contributed by atoms with Gasteiger partial charge < -0.3 is 24.8 Å². The number of nitrogens with one attached hydrogen (secondary N) is 2. The van der Waals surface area contributed by atoms with Crippen LogP contribution in [0.15, 0.2) is 72.9 Å². The zero-order valence-corrected chi connectivity index (χ0v) is 23.4. The molecule has 0 aliphatic rings.